The van der Waals surface area contributed by atoms with Crippen LogP contribution >= 0.6 is 15.9 Å². The van der Waals surface area contributed by atoms with Crippen LogP contribution in [-0.4, -0.2) is 45.1 Å². The molecule has 2 aromatic heterocycles. The maximum atomic E-state index is 11.6. The van der Waals surface area contributed by atoms with Gasteiger partial charge in [-0.3, -0.25) is 10.1 Å². The van der Waals surface area contributed by atoms with Crippen LogP contribution in [0, 0.1) is 10.1 Å². The smallest absolute Gasteiger partial charge is 0.250 e. The van der Waals surface area contributed by atoms with Crippen molar-refractivity contribution in [2.24, 2.45) is 0 Å². The predicted molar refractivity (Wildman–Crippen MR) is 136 cm³/mol. The van der Waals surface area contributed by atoms with Gasteiger partial charge < -0.3 is 10.2 Å². The van der Waals surface area contributed by atoms with Crippen LogP contribution in [0.5, 0.6) is 0 Å². The summed E-state index contributed by atoms with van der Waals surface area (Å²) in [6, 6.07) is 18.6. The van der Waals surface area contributed by atoms with Crippen LogP contribution < -0.4 is 5.32 Å². The largest absolute Gasteiger partial charge is 0.340 e. The maximum absolute atomic E-state index is 11.6. The fraction of sp³-hybridized carbons (Fsp3) is 0.280. The van der Waals surface area contributed by atoms with Crippen LogP contribution in [-0.2, 0) is 0 Å². The van der Waals surface area contributed by atoms with E-state index < -0.39 is 6.04 Å². The summed E-state index contributed by atoms with van der Waals surface area (Å²) in [5.74, 6) is 1.25. The van der Waals surface area contributed by atoms with E-state index in [9.17, 15) is 10.1 Å². The Hall–Kier alpha value is -3.30. The molecule has 0 radical (unpaired) electrons. The summed E-state index contributed by atoms with van der Waals surface area (Å²) in [5.41, 5.74) is 5.15. The van der Waals surface area contributed by atoms with E-state index in [2.05, 4.69) is 21.2 Å². The lowest BCUT2D eigenvalue weighted by molar-refractivity contribution is -0.529. The molecule has 34 heavy (non-hydrogen) atoms. The number of aromatic nitrogens is 3. The standard InChI is InChI=1S/C25H25BrN6O2/c1-30(2)15-21(32(33)34)17-10-12-19(13-11-17)27-22-14-20(16-6-4-3-5-7-16)28-25-23(26)24(18-8-9-18)29-31(22)25/h3-7,10-14,18,21,27H,8-9,15H2,1-2H3. The minimum Gasteiger partial charge on any atom is -0.340 e. The molecule has 1 atom stereocenters. The minimum atomic E-state index is -0.774. The van der Waals surface area contributed by atoms with Crippen LogP contribution in [0.25, 0.3) is 16.9 Å². The van der Waals surface area contributed by atoms with E-state index in [4.69, 9.17) is 10.1 Å². The number of rotatable bonds is 8. The summed E-state index contributed by atoms with van der Waals surface area (Å²) in [5, 5.41) is 19.9. The fourth-order valence-electron chi connectivity index (χ4n) is 4.05. The molecule has 0 aliphatic heterocycles. The first kappa shape index (κ1) is 22.5. The van der Waals surface area contributed by atoms with Crippen molar-refractivity contribution in [2.75, 3.05) is 26.0 Å². The summed E-state index contributed by atoms with van der Waals surface area (Å²) in [6.07, 6.45) is 2.28. The first-order valence-electron chi connectivity index (χ1n) is 11.2. The van der Waals surface area contributed by atoms with Gasteiger partial charge in [0.25, 0.3) is 6.04 Å². The Balaban J connectivity index is 1.52. The van der Waals surface area contributed by atoms with Gasteiger partial charge in [0.2, 0.25) is 0 Å². The highest BCUT2D eigenvalue weighted by Crippen LogP contribution is 2.44. The third-order valence-electron chi connectivity index (χ3n) is 5.95. The van der Waals surface area contributed by atoms with Gasteiger partial charge in [-0.15, -0.1) is 0 Å². The highest BCUT2D eigenvalue weighted by Gasteiger charge is 2.31. The van der Waals surface area contributed by atoms with Crippen LogP contribution in [0.15, 0.2) is 65.1 Å². The summed E-state index contributed by atoms with van der Waals surface area (Å²) >= 11 is 3.74. The molecule has 0 bridgehead atoms. The van der Waals surface area contributed by atoms with Crippen molar-refractivity contribution in [1.29, 1.82) is 0 Å². The molecule has 5 rings (SSSR count). The number of nitro groups is 1. The number of hydrogen-bond acceptors (Lipinski definition) is 6. The molecule has 9 heteroatoms. The molecule has 1 aliphatic rings. The Bertz CT molecular complexity index is 1330. The van der Waals surface area contributed by atoms with Crippen LogP contribution in [0.1, 0.15) is 36.1 Å². The van der Waals surface area contributed by atoms with Gasteiger partial charge in [-0.25, -0.2) is 4.98 Å². The van der Waals surface area contributed by atoms with E-state index >= 15 is 0 Å². The predicted octanol–water partition coefficient (Wildman–Crippen LogP) is 5.66. The monoisotopic (exact) mass is 520 g/mol. The van der Waals surface area contributed by atoms with Crippen molar-refractivity contribution in [3.8, 4) is 11.3 Å². The molecule has 1 fully saturated rings. The van der Waals surface area contributed by atoms with Gasteiger partial charge in [-0.2, -0.15) is 9.61 Å². The summed E-state index contributed by atoms with van der Waals surface area (Å²) in [4.78, 5) is 18.1. The molecular weight excluding hydrogens is 496 g/mol. The van der Waals surface area contributed by atoms with Gasteiger partial charge in [0, 0.05) is 33.7 Å². The molecule has 8 nitrogen and oxygen atoms in total. The number of nitrogens with one attached hydrogen (secondary N) is 1. The third-order valence-corrected chi connectivity index (χ3v) is 6.71. The molecule has 1 unspecified atom stereocenters. The highest BCUT2D eigenvalue weighted by molar-refractivity contribution is 9.10. The molecule has 2 heterocycles. The maximum Gasteiger partial charge on any atom is 0.250 e. The number of benzene rings is 2. The number of likely N-dealkylation sites (N-methyl/N-ethyl adjacent to an activating group) is 1. The van der Waals surface area contributed by atoms with Crippen molar-refractivity contribution in [3.63, 3.8) is 0 Å². The van der Waals surface area contributed by atoms with Crippen LogP contribution in [0.3, 0.4) is 0 Å². The lowest BCUT2D eigenvalue weighted by Gasteiger charge is -2.15. The average molecular weight is 521 g/mol. The van der Waals surface area contributed by atoms with Crippen LogP contribution in [0.2, 0.25) is 0 Å². The van der Waals surface area contributed by atoms with Crippen molar-refractivity contribution >= 4 is 33.1 Å². The average Bonchev–Trinajstić information content (AvgIpc) is 3.62. The Morgan fingerprint density at radius 2 is 1.88 bits per heavy atom. The summed E-state index contributed by atoms with van der Waals surface area (Å²) < 4.78 is 2.77. The number of nitrogens with zero attached hydrogens (tertiary/aromatic N) is 5. The Morgan fingerprint density at radius 1 is 1.18 bits per heavy atom. The second kappa shape index (κ2) is 9.15. The summed E-state index contributed by atoms with van der Waals surface area (Å²) in [6.45, 7) is 0.344. The normalized spacial score (nSPS) is 14.5. The van der Waals surface area contributed by atoms with Crippen molar-refractivity contribution < 1.29 is 4.92 Å². The Labute approximate surface area is 205 Å². The zero-order valence-corrected chi connectivity index (χ0v) is 20.6. The Morgan fingerprint density at radius 3 is 2.50 bits per heavy atom. The first-order valence-corrected chi connectivity index (χ1v) is 12.0. The van der Waals surface area contributed by atoms with Crippen molar-refractivity contribution in [3.05, 3.63) is 86.5 Å². The van der Waals surface area contributed by atoms with E-state index in [1.807, 2.05) is 84.2 Å². The molecule has 1 N–H and O–H groups in total. The van der Waals surface area contributed by atoms with Crippen molar-refractivity contribution in [1.82, 2.24) is 19.5 Å². The molecule has 1 aliphatic carbocycles. The molecule has 1 saturated carbocycles. The topological polar surface area (TPSA) is 88.6 Å². The second-order valence-electron chi connectivity index (χ2n) is 8.91. The lowest BCUT2D eigenvalue weighted by Crippen LogP contribution is -2.25. The van der Waals surface area contributed by atoms with Gasteiger partial charge in [0.05, 0.1) is 22.4 Å². The minimum absolute atomic E-state index is 0.234. The number of hydrogen-bond donors (Lipinski definition) is 1. The third kappa shape index (κ3) is 4.53. The number of anilines is 2. The van der Waals surface area contributed by atoms with Crippen LogP contribution in [0.4, 0.5) is 11.5 Å². The van der Waals surface area contributed by atoms with E-state index in [1.165, 1.54) is 0 Å². The SMILES string of the molecule is CN(C)CC(c1ccc(Nc2cc(-c3ccccc3)nc3c(Br)c(C4CC4)nn23)cc1)[N+](=O)[O-]. The molecule has 0 saturated heterocycles. The van der Waals surface area contributed by atoms with E-state index in [-0.39, 0.29) is 4.92 Å². The molecule has 2 aromatic carbocycles. The fourth-order valence-corrected chi connectivity index (χ4v) is 4.71. The highest BCUT2D eigenvalue weighted by atomic mass is 79.9. The van der Waals surface area contributed by atoms with Gasteiger partial charge in [-0.1, -0.05) is 42.5 Å². The number of fused-ring (bicyclic) bond motifs is 1. The van der Waals surface area contributed by atoms with Gasteiger partial charge >= 0.3 is 0 Å². The van der Waals surface area contributed by atoms with Gasteiger partial charge in [0.15, 0.2) is 5.65 Å². The molecule has 0 amide bonds. The first-order chi connectivity index (χ1) is 16.4. The lowest BCUT2D eigenvalue weighted by atomic mass is 10.1. The zero-order chi connectivity index (χ0) is 23.8. The van der Waals surface area contributed by atoms with E-state index in [0.29, 0.717) is 18.0 Å². The molecule has 4 aromatic rings. The number of halogens is 1. The molecular formula is C25H25BrN6O2. The second-order valence-corrected chi connectivity index (χ2v) is 9.70. The molecule has 174 valence electrons. The van der Waals surface area contributed by atoms with E-state index in [1.54, 1.807) is 0 Å². The molecule has 0 spiro atoms. The quantitative estimate of drug-likeness (QED) is 0.238. The van der Waals surface area contributed by atoms with Gasteiger partial charge in [0.1, 0.15) is 5.82 Å². The van der Waals surface area contributed by atoms with E-state index in [0.717, 1.165) is 51.4 Å². The Kier molecular flexibility index (Phi) is 6.05. The van der Waals surface area contributed by atoms with Crippen molar-refractivity contribution in [2.45, 2.75) is 24.8 Å². The van der Waals surface area contributed by atoms with Gasteiger partial charge in [-0.05, 0) is 55.0 Å². The summed E-state index contributed by atoms with van der Waals surface area (Å²) in [7, 11) is 3.67. The zero-order valence-electron chi connectivity index (χ0n) is 19.0.